The smallest absolute Gasteiger partial charge is 0.141 e. The van der Waals surface area contributed by atoms with E-state index in [0.29, 0.717) is 5.56 Å². The van der Waals surface area contributed by atoms with E-state index in [1.807, 2.05) is 17.5 Å². The number of rotatable bonds is 3. The number of pyridine rings is 2. The Labute approximate surface area is 113 Å². The van der Waals surface area contributed by atoms with Crippen molar-refractivity contribution in [3.63, 3.8) is 0 Å². The van der Waals surface area contributed by atoms with Crippen LogP contribution in [0.5, 0.6) is 0 Å². The van der Waals surface area contributed by atoms with Gasteiger partial charge < -0.3 is 0 Å². The minimum absolute atomic E-state index is 0.331. The fourth-order valence-corrected chi connectivity index (χ4v) is 2.78. The molecule has 0 saturated heterocycles. The maximum Gasteiger partial charge on any atom is 0.141 e. The van der Waals surface area contributed by atoms with Crippen molar-refractivity contribution >= 4 is 21.6 Å². The van der Waals surface area contributed by atoms with Crippen molar-refractivity contribution in [3.8, 4) is 0 Å². The molecule has 3 N–H and O–H groups in total. The molecule has 4 nitrogen and oxygen atoms in total. The van der Waals surface area contributed by atoms with Crippen LogP contribution in [0.1, 0.15) is 17.2 Å². The number of aromatic nitrogens is 2. The number of nitrogens with zero attached hydrogens (tertiary/aromatic N) is 2. The molecule has 0 radical (unpaired) electrons. The van der Waals surface area contributed by atoms with Crippen molar-refractivity contribution in [3.05, 3.63) is 59.1 Å². The van der Waals surface area contributed by atoms with Crippen LogP contribution < -0.4 is 11.3 Å². The van der Waals surface area contributed by atoms with Gasteiger partial charge in [0.1, 0.15) is 5.82 Å². The van der Waals surface area contributed by atoms with E-state index in [1.54, 1.807) is 23.7 Å². The molecule has 19 heavy (non-hydrogen) atoms. The Morgan fingerprint density at radius 3 is 2.84 bits per heavy atom. The molecule has 0 aliphatic heterocycles. The largest absolute Gasteiger partial charge is 0.271 e. The highest BCUT2D eigenvalue weighted by Gasteiger charge is 2.14. The average Bonchev–Trinajstić information content (AvgIpc) is 2.87. The van der Waals surface area contributed by atoms with Gasteiger partial charge in [-0.25, -0.2) is 9.82 Å². The fourth-order valence-electron chi connectivity index (χ4n) is 1.99. The van der Waals surface area contributed by atoms with E-state index in [9.17, 15) is 4.39 Å². The van der Waals surface area contributed by atoms with Gasteiger partial charge in [0, 0.05) is 12.4 Å². The lowest BCUT2D eigenvalue weighted by molar-refractivity contribution is 0.597. The van der Waals surface area contributed by atoms with Crippen LogP contribution in [0.25, 0.3) is 10.2 Å². The van der Waals surface area contributed by atoms with Gasteiger partial charge in [0.15, 0.2) is 0 Å². The van der Waals surface area contributed by atoms with E-state index in [0.717, 1.165) is 22.0 Å². The first-order chi connectivity index (χ1) is 9.28. The van der Waals surface area contributed by atoms with E-state index in [2.05, 4.69) is 15.4 Å². The molecule has 3 rings (SSSR count). The number of hydrazine groups is 1. The van der Waals surface area contributed by atoms with Crippen molar-refractivity contribution in [1.82, 2.24) is 15.4 Å². The van der Waals surface area contributed by atoms with Gasteiger partial charge >= 0.3 is 0 Å². The molecule has 0 saturated carbocycles. The Bertz CT molecular complexity index is 712. The number of hydrogen-bond acceptors (Lipinski definition) is 5. The maximum absolute atomic E-state index is 13.2. The molecule has 3 heterocycles. The lowest BCUT2D eigenvalue weighted by atomic mass is 10.0. The van der Waals surface area contributed by atoms with Crippen molar-refractivity contribution in [2.24, 2.45) is 5.84 Å². The first-order valence-corrected chi connectivity index (χ1v) is 6.55. The molecule has 0 spiro atoms. The quantitative estimate of drug-likeness (QED) is 0.568. The molecule has 3 aromatic rings. The molecule has 0 aliphatic rings. The zero-order chi connectivity index (χ0) is 13.2. The average molecular weight is 274 g/mol. The third-order valence-corrected chi connectivity index (χ3v) is 3.74. The number of nitrogens with one attached hydrogen (secondary N) is 1. The third-order valence-electron chi connectivity index (χ3n) is 2.88. The standard InChI is InChI=1S/C13H11FN4S/c14-10-3-8(5-16-7-10)13(18-15)9-4-12-11(17-6-9)1-2-19-12/h1-7,13,18H,15H2. The Morgan fingerprint density at radius 1 is 1.21 bits per heavy atom. The van der Waals surface area contributed by atoms with E-state index in [1.165, 1.54) is 6.07 Å². The fraction of sp³-hybridized carbons (Fsp3) is 0.0769. The zero-order valence-corrected chi connectivity index (χ0v) is 10.7. The number of thiophene rings is 1. The summed E-state index contributed by atoms with van der Waals surface area (Å²) in [6.45, 7) is 0. The second-order valence-electron chi connectivity index (χ2n) is 4.11. The van der Waals surface area contributed by atoms with Crippen LogP contribution in [-0.4, -0.2) is 9.97 Å². The summed E-state index contributed by atoms with van der Waals surface area (Å²) in [5.74, 6) is 5.20. The summed E-state index contributed by atoms with van der Waals surface area (Å²) in [5.41, 5.74) is 5.17. The normalized spacial score (nSPS) is 12.7. The minimum Gasteiger partial charge on any atom is -0.271 e. The maximum atomic E-state index is 13.2. The molecule has 0 aromatic carbocycles. The Morgan fingerprint density at radius 2 is 2.05 bits per heavy atom. The van der Waals surface area contributed by atoms with Crippen LogP contribution in [0.2, 0.25) is 0 Å². The van der Waals surface area contributed by atoms with Gasteiger partial charge in [-0.2, -0.15) is 0 Å². The van der Waals surface area contributed by atoms with Crippen LogP contribution in [0, 0.1) is 5.82 Å². The van der Waals surface area contributed by atoms with Crippen LogP contribution in [-0.2, 0) is 0 Å². The molecule has 3 aromatic heterocycles. The molecule has 0 bridgehead atoms. The predicted octanol–water partition coefficient (Wildman–Crippen LogP) is 2.38. The summed E-state index contributed by atoms with van der Waals surface area (Å²) < 4.78 is 14.3. The summed E-state index contributed by atoms with van der Waals surface area (Å²) in [7, 11) is 0. The van der Waals surface area contributed by atoms with Gasteiger partial charge in [0.25, 0.3) is 0 Å². The molecule has 0 fully saturated rings. The minimum atomic E-state index is -0.386. The second kappa shape index (κ2) is 5.00. The second-order valence-corrected chi connectivity index (χ2v) is 5.06. The summed E-state index contributed by atoms with van der Waals surface area (Å²) in [5, 5.41) is 1.98. The Balaban J connectivity index is 2.06. The van der Waals surface area contributed by atoms with Gasteiger partial charge in [0.2, 0.25) is 0 Å². The van der Waals surface area contributed by atoms with Crippen LogP contribution >= 0.6 is 11.3 Å². The first-order valence-electron chi connectivity index (χ1n) is 5.67. The highest BCUT2D eigenvalue weighted by atomic mass is 32.1. The highest BCUT2D eigenvalue weighted by molar-refractivity contribution is 7.17. The van der Waals surface area contributed by atoms with E-state index < -0.39 is 0 Å². The highest BCUT2D eigenvalue weighted by Crippen LogP contribution is 2.26. The predicted molar refractivity (Wildman–Crippen MR) is 73.0 cm³/mol. The van der Waals surface area contributed by atoms with Gasteiger partial charge in [-0.05, 0) is 34.7 Å². The van der Waals surface area contributed by atoms with Crippen molar-refractivity contribution in [2.75, 3.05) is 0 Å². The molecule has 1 atom stereocenters. The SMILES string of the molecule is NNC(c1cncc(F)c1)c1cnc2ccsc2c1. The van der Waals surface area contributed by atoms with Crippen molar-refractivity contribution in [2.45, 2.75) is 6.04 Å². The summed E-state index contributed by atoms with van der Waals surface area (Å²) >= 11 is 1.61. The Kier molecular flexibility index (Phi) is 3.20. The van der Waals surface area contributed by atoms with Gasteiger partial charge in [0.05, 0.1) is 22.5 Å². The van der Waals surface area contributed by atoms with Crippen LogP contribution in [0.15, 0.2) is 42.2 Å². The molecular weight excluding hydrogens is 263 g/mol. The molecular formula is C13H11FN4S. The van der Waals surface area contributed by atoms with Crippen molar-refractivity contribution < 1.29 is 4.39 Å². The van der Waals surface area contributed by atoms with Crippen LogP contribution in [0.4, 0.5) is 4.39 Å². The number of nitrogens with two attached hydrogens (primary N) is 1. The zero-order valence-electron chi connectivity index (χ0n) is 9.88. The molecule has 0 amide bonds. The number of fused-ring (bicyclic) bond motifs is 1. The number of halogens is 1. The Hall–Kier alpha value is -1.89. The van der Waals surface area contributed by atoms with E-state index in [4.69, 9.17) is 5.84 Å². The summed E-state index contributed by atoms with van der Waals surface area (Å²) in [4.78, 5) is 8.20. The third kappa shape index (κ3) is 2.33. The summed E-state index contributed by atoms with van der Waals surface area (Å²) in [6.07, 6.45) is 4.49. The van der Waals surface area contributed by atoms with Crippen molar-refractivity contribution in [1.29, 1.82) is 0 Å². The monoisotopic (exact) mass is 274 g/mol. The van der Waals surface area contributed by atoms with Gasteiger partial charge in [-0.1, -0.05) is 0 Å². The van der Waals surface area contributed by atoms with Crippen LogP contribution in [0.3, 0.4) is 0 Å². The van der Waals surface area contributed by atoms with Gasteiger partial charge in [-0.15, -0.1) is 11.3 Å². The molecule has 96 valence electrons. The summed E-state index contributed by atoms with van der Waals surface area (Å²) in [6, 6.07) is 5.04. The topological polar surface area (TPSA) is 63.8 Å². The van der Waals surface area contributed by atoms with Gasteiger partial charge in [-0.3, -0.25) is 15.8 Å². The van der Waals surface area contributed by atoms with E-state index >= 15 is 0 Å². The lowest BCUT2D eigenvalue weighted by Crippen LogP contribution is -2.29. The molecule has 0 aliphatic carbocycles. The lowest BCUT2D eigenvalue weighted by Gasteiger charge is -2.16. The molecule has 6 heteroatoms. The van der Waals surface area contributed by atoms with E-state index in [-0.39, 0.29) is 11.9 Å². The number of hydrogen-bond donors (Lipinski definition) is 2. The molecule has 1 unspecified atom stereocenters. The first kappa shape index (κ1) is 12.2.